The van der Waals surface area contributed by atoms with E-state index in [1.165, 1.54) is 5.56 Å². The van der Waals surface area contributed by atoms with Crippen molar-refractivity contribution in [1.82, 2.24) is 15.0 Å². The van der Waals surface area contributed by atoms with E-state index in [1.807, 2.05) is 59.3 Å². The number of nitrogens with one attached hydrogen (secondary N) is 1. The maximum Gasteiger partial charge on any atom is 0.153 e. The van der Waals surface area contributed by atoms with Gasteiger partial charge in [-0.3, -0.25) is 0 Å². The summed E-state index contributed by atoms with van der Waals surface area (Å²) in [6.45, 7) is 5.05. The van der Waals surface area contributed by atoms with Gasteiger partial charge in [0.2, 0.25) is 0 Å². The second-order valence-corrected chi connectivity index (χ2v) is 11.3. The zero-order valence-corrected chi connectivity index (χ0v) is 24.2. The van der Waals surface area contributed by atoms with Crippen molar-refractivity contribution in [2.24, 2.45) is 0 Å². The molecule has 1 heterocycles. The van der Waals surface area contributed by atoms with Gasteiger partial charge in [0.05, 0.1) is 18.8 Å². The third-order valence-electron chi connectivity index (χ3n) is 6.87. The average Bonchev–Trinajstić information content (AvgIpc) is 3.37. The number of aromatic nitrogens is 3. The molecule has 0 aliphatic heterocycles. The van der Waals surface area contributed by atoms with Gasteiger partial charge >= 0.3 is 0 Å². The van der Waals surface area contributed by atoms with Crippen molar-refractivity contribution in [1.29, 1.82) is 0 Å². The first-order valence-electron chi connectivity index (χ1n) is 12.9. The van der Waals surface area contributed by atoms with Gasteiger partial charge in [0.25, 0.3) is 0 Å². The summed E-state index contributed by atoms with van der Waals surface area (Å²) in [6.07, 6.45) is 0. The third-order valence-corrected chi connectivity index (χ3v) is 7.65. The molecule has 0 fully saturated rings. The maximum absolute atomic E-state index is 12.5. The largest absolute Gasteiger partial charge is 0.381 e. The van der Waals surface area contributed by atoms with E-state index in [0.29, 0.717) is 28.7 Å². The summed E-state index contributed by atoms with van der Waals surface area (Å²) >= 11 is 9.71. The molecule has 4 aromatic carbocycles. The number of nitrogens with zero attached hydrogens (tertiary/aromatic N) is 3. The molecule has 7 heteroatoms. The molecule has 0 aliphatic rings. The van der Waals surface area contributed by atoms with Crippen molar-refractivity contribution in [3.05, 3.63) is 135 Å². The van der Waals surface area contributed by atoms with Crippen molar-refractivity contribution in [2.45, 2.75) is 31.9 Å². The molecule has 2 N–H and O–H groups in total. The summed E-state index contributed by atoms with van der Waals surface area (Å²) in [7, 11) is 0. The smallest absolute Gasteiger partial charge is 0.153 e. The minimum atomic E-state index is -1.50. The van der Waals surface area contributed by atoms with Crippen molar-refractivity contribution < 1.29 is 5.11 Å². The summed E-state index contributed by atoms with van der Waals surface area (Å²) in [5.74, 6) is 0.409. The Morgan fingerprint density at radius 2 is 1.56 bits per heavy atom. The van der Waals surface area contributed by atoms with Gasteiger partial charge in [0.1, 0.15) is 5.69 Å². The molecule has 5 aromatic rings. The van der Waals surface area contributed by atoms with Gasteiger partial charge in [0.15, 0.2) is 5.60 Å². The number of halogens is 2. The van der Waals surface area contributed by atoms with Crippen LogP contribution in [-0.4, -0.2) is 26.6 Å². The molecule has 1 aromatic heterocycles. The Morgan fingerprint density at radius 1 is 0.897 bits per heavy atom. The summed E-state index contributed by atoms with van der Waals surface area (Å²) in [6, 6.07) is 33.7. The molecule has 0 radical (unpaired) electrons. The quantitative estimate of drug-likeness (QED) is 0.180. The fourth-order valence-corrected chi connectivity index (χ4v) is 5.01. The molecule has 5 rings (SSSR count). The maximum atomic E-state index is 12.5. The van der Waals surface area contributed by atoms with Crippen LogP contribution in [0.1, 0.15) is 42.1 Å². The zero-order chi connectivity index (χ0) is 27.4. The Kier molecular flexibility index (Phi) is 8.17. The molecule has 0 spiro atoms. The fraction of sp³-hybridized carbons (Fsp3) is 0.188. The lowest BCUT2D eigenvalue weighted by Gasteiger charge is -2.29. The van der Waals surface area contributed by atoms with Crippen LogP contribution in [-0.2, 0) is 12.1 Å². The van der Waals surface area contributed by atoms with Crippen LogP contribution in [0.15, 0.2) is 108 Å². The van der Waals surface area contributed by atoms with Crippen molar-refractivity contribution >= 4 is 33.2 Å². The van der Waals surface area contributed by atoms with Crippen molar-refractivity contribution in [2.75, 3.05) is 11.9 Å². The SMILES string of the molecule is CC(C)c1ccc(-c2c(C(O)(CNc3ccc(Br)cc3)c3ccc(Cl)cc3)nnn2Cc2ccccc2)cc1. The first kappa shape index (κ1) is 27.1. The third kappa shape index (κ3) is 6.09. The highest BCUT2D eigenvalue weighted by Gasteiger charge is 2.38. The molecule has 0 bridgehead atoms. The molecule has 0 saturated heterocycles. The molecule has 0 saturated carbocycles. The lowest BCUT2D eigenvalue weighted by Crippen LogP contribution is -2.36. The zero-order valence-electron chi connectivity index (χ0n) is 21.9. The van der Waals surface area contributed by atoms with E-state index < -0.39 is 5.60 Å². The monoisotopic (exact) mass is 600 g/mol. The fourth-order valence-electron chi connectivity index (χ4n) is 4.62. The van der Waals surface area contributed by atoms with Crippen LogP contribution in [0.4, 0.5) is 5.69 Å². The first-order chi connectivity index (χ1) is 18.8. The van der Waals surface area contributed by atoms with E-state index >= 15 is 0 Å². The van der Waals surface area contributed by atoms with Gasteiger partial charge < -0.3 is 10.4 Å². The van der Waals surface area contributed by atoms with Crippen molar-refractivity contribution in [3.63, 3.8) is 0 Å². The highest BCUT2D eigenvalue weighted by atomic mass is 79.9. The van der Waals surface area contributed by atoms with Crippen LogP contribution in [0.5, 0.6) is 0 Å². The molecular weight excluding hydrogens is 572 g/mol. The van der Waals surface area contributed by atoms with E-state index in [9.17, 15) is 5.11 Å². The van der Waals surface area contributed by atoms with Crippen LogP contribution in [0.25, 0.3) is 11.3 Å². The standard InChI is InChI=1S/C32H30BrClN4O/c1-22(2)24-8-10-25(11-9-24)30-31(36-37-38(30)20-23-6-4-3-5-7-23)32(39,26-12-16-28(34)17-13-26)21-35-29-18-14-27(33)15-19-29/h3-19,22,35,39H,20-21H2,1-2H3. The summed E-state index contributed by atoms with van der Waals surface area (Å²) in [5, 5.41) is 25.7. The molecule has 0 amide bonds. The summed E-state index contributed by atoms with van der Waals surface area (Å²) < 4.78 is 2.85. The first-order valence-corrected chi connectivity index (χ1v) is 14.1. The normalized spacial score (nSPS) is 12.9. The summed E-state index contributed by atoms with van der Waals surface area (Å²) in [5.41, 5.74) is 4.56. The van der Waals surface area contributed by atoms with Crippen LogP contribution in [0.3, 0.4) is 0 Å². The lowest BCUT2D eigenvalue weighted by molar-refractivity contribution is 0.0907. The highest BCUT2D eigenvalue weighted by Crippen LogP contribution is 2.37. The van der Waals surface area contributed by atoms with Crippen LogP contribution in [0, 0.1) is 0 Å². The average molecular weight is 602 g/mol. The molecule has 198 valence electrons. The van der Waals surface area contributed by atoms with Gasteiger partial charge in [-0.25, -0.2) is 4.68 Å². The van der Waals surface area contributed by atoms with Gasteiger partial charge in [-0.1, -0.05) is 113 Å². The number of hydrogen-bond donors (Lipinski definition) is 2. The van der Waals surface area contributed by atoms with Crippen LogP contribution < -0.4 is 5.32 Å². The minimum absolute atomic E-state index is 0.178. The number of hydrogen-bond acceptors (Lipinski definition) is 4. The Labute approximate surface area is 242 Å². The highest BCUT2D eigenvalue weighted by molar-refractivity contribution is 9.10. The Hall–Kier alpha value is -3.45. The summed E-state index contributed by atoms with van der Waals surface area (Å²) in [4.78, 5) is 0. The van der Waals surface area contributed by atoms with Gasteiger partial charge in [-0.15, -0.1) is 5.10 Å². The molecule has 39 heavy (non-hydrogen) atoms. The van der Waals surface area contributed by atoms with E-state index in [2.05, 4.69) is 81.8 Å². The predicted molar refractivity (Wildman–Crippen MR) is 162 cm³/mol. The van der Waals surface area contributed by atoms with E-state index in [1.54, 1.807) is 12.1 Å². The molecule has 1 atom stereocenters. The van der Waals surface area contributed by atoms with Gasteiger partial charge in [0, 0.05) is 20.7 Å². The Bertz CT molecular complexity index is 1520. The second-order valence-electron chi connectivity index (χ2n) is 9.93. The number of benzene rings is 4. The lowest BCUT2D eigenvalue weighted by atomic mass is 9.87. The van der Waals surface area contributed by atoms with Gasteiger partial charge in [-0.05, 0) is 59.0 Å². The van der Waals surface area contributed by atoms with Crippen molar-refractivity contribution in [3.8, 4) is 11.3 Å². The Morgan fingerprint density at radius 3 is 2.21 bits per heavy atom. The molecule has 0 aliphatic carbocycles. The second kappa shape index (κ2) is 11.7. The molecule has 1 unspecified atom stereocenters. The van der Waals surface area contributed by atoms with Crippen LogP contribution >= 0.6 is 27.5 Å². The number of rotatable bonds is 9. The predicted octanol–water partition coefficient (Wildman–Crippen LogP) is 7.88. The topological polar surface area (TPSA) is 63.0 Å². The number of anilines is 1. The number of aliphatic hydroxyl groups is 1. The van der Waals surface area contributed by atoms with E-state index in [0.717, 1.165) is 27.0 Å². The van der Waals surface area contributed by atoms with Crippen LogP contribution in [0.2, 0.25) is 5.02 Å². The molecular formula is C32H30BrClN4O. The molecule has 5 nitrogen and oxygen atoms in total. The Balaban J connectivity index is 1.64. The van der Waals surface area contributed by atoms with E-state index in [-0.39, 0.29) is 6.54 Å². The van der Waals surface area contributed by atoms with Gasteiger partial charge in [-0.2, -0.15) is 0 Å². The van der Waals surface area contributed by atoms with E-state index in [4.69, 9.17) is 11.6 Å². The minimum Gasteiger partial charge on any atom is -0.381 e.